The molecule has 82 valence electrons. The summed E-state index contributed by atoms with van der Waals surface area (Å²) in [6, 6.07) is 0.417. The third-order valence-electron chi connectivity index (χ3n) is 2.97. The largest absolute Gasteiger partial charge is 0.338 e. The van der Waals surface area contributed by atoms with Crippen LogP contribution >= 0.6 is 0 Å². The number of carbonyl (C=O) groups excluding carboxylic acids is 1. The van der Waals surface area contributed by atoms with E-state index in [9.17, 15) is 4.79 Å². The van der Waals surface area contributed by atoms with Gasteiger partial charge in [-0.2, -0.15) is 0 Å². The fourth-order valence-corrected chi connectivity index (χ4v) is 2.11. The molecule has 0 aromatic rings. The predicted octanol–water partition coefficient (Wildman–Crippen LogP) is 1.39. The van der Waals surface area contributed by atoms with Gasteiger partial charge in [-0.3, -0.25) is 4.79 Å². The van der Waals surface area contributed by atoms with Crippen molar-refractivity contribution in [2.75, 3.05) is 13.1 Å². The number of nitrogens with zero attached hydrogens (tertiary/aromatic N) is 1. The summed E-state index contributed by atoms with van der Waals surface area (Å²) >= 11 is 0. The van der Waals surface area contributed by atoms with E-state index in [-0.39, 0.29) is 5.91 Å². The van der Waals surface area contributed by atoms with Gasteiger partial charge in [-0.1, -0.05) is 6.92 Å². The van der Waals surface area contributed by atoms with Crippen LogP contribution in [0, 0.1) is 0 Å². The normalized spacial score (nSPS) is 22.9. The van der Waals surface area contributed by atoms with Crippen LogP contribution < -0.4 is 5.32 Å². The second-order valence-corrected chi connectivity index (χ2v) is 4.65. The second-order valence-electron chi connectivity index (χ2n) is 4.65. The molecule has 3 heteroatoms. The van der Waals surface area contributed by atoms with Crippen molar-refractivity contribution in [3.63, 3.8) is 0 Å². The quantitative estimate of drug-likeness (QED) is 0.743. The van der Waals surface area contributed by atoms with Crippen molar-refractivity contribution in [3.8, 4) is 0 Å². The summed E-state index contributed by atoms with van der Waals surface area (Å²) < 4.78 is 0. The van der Waals surface area contributed by atoms with Crippen LogP contribution in [-0.4, -0.2) is 35.5 Å². The van der Waals surface area contributed by atoms with Gasteiger partial charge < -0.3 is 10.2 Å². The number of rotatable bonds is 3. The van der Waals surface area contributed by atoms with Gasteiger partial charge in [-0.25, -0.2) is 0 Å². The van der Waals surface area contributed by atoms with Crippen LogP contribution in [0.4, 0.5) is 0 Å². The van der Waals surface area contributed by atoms with Gasteiger partial charge in [0.25, 0.3) is 0 Å². The molecule has 0 aromatic heterocycles. The molecule has 1 rings (SSSR count). The summed E-state index contributed by atoms with van der Waals surface area (Å²) in [5, 5.41) is 3.23. The van der Waals surface area contributed by atoms with Crippen LogP contribution in [0.2, 0.25) is 0 Å². The number of nitrogens with one attached hydrogen (secondary N) is 1. The third-order valence-corrected chi connectivity index (χ3v) is 2.97. The highest BCUT2D eigenvalue weighted by Gasteiger charge is 2.35. The topological polar surface area (TPSA) is 32.3 Å². The molecule has 1 fully saturated rings. The van der Waals surface area contributed by atoms with Crippen molar-refractivity contribution >= 4 is 5.91 Å². The fraction of sp³-hybridized carbons (Fsp3) is 0.909. The summed E-state index contributed by atoms with van der Waals surface area (Å²) in [6.07, 6.45) is 2.29. The van der Waals surface area contributed by atoms with Gasteiger partial charge >= 0.3 is 0 Å². The van der Waals surface area contributed by atoms with Gasteiger partial charge in [-0.05, 0) is 40.2 Å². The van der Waals surface area contributed by atoms with Crippen molar-refractivity contribution in [1.29, 1.82) is 0 Å². The monoisotopic (exact) mass is 198 g/mol. The maximum atomic E-state index is 12.1. The maximum Gasteiger partial charge on any atom is 0.242 e. The average Bonchev–Trinajstić information content (AvgIpc) is 2.50. The van der Waals surface area contributed by atoms with E-state index in [1.165, 1.54) is 0 Å². The number of likely N-dealkylation sites (tertiary alicyclic amines) is 1. The smallest absolute Gasteiger partial charge is 0.242 e. The highest BCUT2D eigenvalue weighted by molar-refractivity contribution is 5.86. The summed E-state index contributed by atoms with van der Waals surface area (Å²) in [4.78, 5) is 14.1. The van der Waals surface area contributed by atoms with Crippen LogP contribution in [0.15, 0.2) is 0 Å². The van der Waals surface area contributed by atoms with E-state index in [0.29, 0.717) is 6.04 Å². The molecule has 0 spiro atoms. The summed E-state index contributed by atoms with van der Waals surface area (Å²) in [7, 11) is 0. The molecular formula is C11H22N2O. The zero-order valence-corrected chi connectivity index (χ0v) is 9.76. The Morgan fingerprint density at radius 3 is 2.64 bits per heavy atom. The van der Waals surface area contributed by atoms with E-state index in [1.54, 1.807) is 0 Å². The Morgan fingerprint density at radius 2 is 2.21 bits per heavy atom. The molecule has 0 aromatic carbocycles. The lowest BCUT2D eigenvalue weighted by Gasteiger charge is -2.32. The van der Waals surface area contributed by atoms with E-state index in [0.717, 1.165) is 25.9 Å². The molecule has 1 N–H and O–H groups in total. The minimum atomic E-state index is -0.409. The fourth-order valence-electron chi connectivity index (χ4n) is 2.11. The Morgan fingerprint density at radius 1 is 1.57 bits per heavy atom. The standard InChI is InChI=1S/C11H22N2O/c1-5-12-11(3,4)10(14)13-8-6-7-9(13)2/h9,12H,5-8H2,1-4H3. The number of amides is 1. The molecule has 1 unspecified atom stereocenters. The molecule has 0 bridgehead atoms. The number of hydrogen-bond donors (Lipinski definition) is 1. The maximum absolute atomic E-state index is 12.1. The summed E-state index contributed by atoms with van der Waals surface area (Å²) in [5.41, 5.74) is -0.409. The third kappa shape index (κ3) is 2.27. The lowest BCUT2D eigenvalue weighted by Crippen LogP contribution is -2.54. The first-order chi connectivity index (χ1) is 6.49. The first-order valence-corrected chi connectivity index (χ1v) is 5.55. The van der Waals surface area contributed by atoms with Crippen molar-refractivity contribution in [2.24, 2.45) is 0 Å². The summed E-state index contributed by atoms with van der Waals surface area (Å²) in [6.45, 7) is 9.85. The average molecular weight is 198 g/mol. The van der Waals surface area contributed by atoms with Gasteiger partial charge in [0.15, 0.2) is 0 Å². The van der Waals surface area contributed by atoms with Crippen LogP contribution in [0.5, 0.6) is 0 Å². The van der Waals surface area contributed by atoms with Gasteiger partial charge in [0.2, 0.25) is 5.91 Å². The van der Waals surface area contributed by atoms with E-state index in [2.05, 4.69) is 12.2 Å². The zero-order chi connectivity index (χ0) is 10.8. The van der Waals surface area contributed by atoms with Gasteiger partial charge in [0.05, 0.1) is 5.54 Å². The lowest BCUT2D eigenvalue weighted by molar-refractivity contribution is -0.137. The second kappa shape index (κ2) is 4.30. The number of hydrogen-bond acceptors (Lipinski definition) is 2. The molecule has 1 aliphatic heterocycles. The van der Waals surface area contributed by atoms with Crippen molar-refractivity contribution < 1.29 is 4.79 Å². The molecule has 1 saturated heterocycles. The van der Waals surface area contributed by atoms with Crippen LogP contribution in [0.3, 0.4) is 0 Å². The Balaban J connectivity index is 2.63. The van der Waals surface area contributed by atoms with E-state index in [1.807, 2.05) is 25.7 Å². The van der Waals surface area contributed by atoms with Crippen LogP contribution in [0.1, 0.15) is 40.5 Å². The molecule has 1 heterocycles. The molecule has 0 radical (unpaired) electrons. The zero-order valence-electron chi connectivity index (χ0n) is 9.76. The molecule has 0 aliphatic carbocycles. The number of carbonyl (C=O) groups is 1. The highest BCUT2D eigenvalue weighted by atomic mass is 16.2. The lowest BCUT2D eigenvalue weighted by atomic mass is 10.0. The Labute approximate surface area is 86.9 Å². The molecule has 0 saturated carbocycles. The molecule has 1 aliphatic rings. The Bertz CT molecular complexity index is 213. The minimum absolute atomic E-state index is 0.240. The predicted molar refractivity (Wildman–Crippen MR) is 58.2 cm³/mol. The molecule has 14 heavy (non-hydrogen) atoms. The first-order valence-electron chi connectivity index (χ1n) is 5.55. The van der Waals surface area contributed by atoms with Gasteiger partial charge in [0, 0.05) is 12.6 Å². The molecule has 1 atom stereocenters. The van der Waals surface area contributed by atoms with Crippen LogP contribution in [0.25, 0.3) is 0 Å². The highest BCUT2D eigenvalue weighted by Crippen LogP contribution is 2.20. The number of likely N-dealkylation sites (N-methyl/N-ethyl adjacent to an activating group) is 1. The van der Waals surface area contributed by atoms with E-state index >= 15 is 0 Å². The Kier molecular flexibility index (Phi) is 3.53. The minimum Gasteiger partial charge on any atom is -0.338 e. The molecule has 1 amide bonds. The molecule has 3 nitrogen and oxygen atoms in total. The van der Waals surface area contributed by atoms with Crippen molar-refractivity contribution in [3.05, 3.63) is 0 Å². The summed E-state index contributed by atoms with van der Waals surface area (Å²) in [5.74, 6) is 0.240. The Hall–Kier alpha value is -0.570. The van der Waals surface area contributed by atoms with E-state index < -0.39 is 5.54 Å². The van der Waals surface area contributed by atoms with Gasteiger partial charge in [0.1, 0.15) is 0 Å². The van der Waals surface area contributed by atoms with Gasteiger partial charge in [-0.15, -0.1) is 0 Å². The SMILES string of the molecule is CCNC(C)(C)C(=O)N1CCCC1C. The van der Waals surface area contributed by atoms with Crippen molar-refractivity contribution in [1.82, 2.24) is 10.2 Å². The van der Waals surface area contributed by atoms with Crippen molar-refractivity contribution in [2.45, 2.75) is 52.1 Å². The van der Waals surface area contributed by atoms with Crippen LogP contribution in [-0.2, 0) is 4.79 Å². The molecular weight excluding hydrogens is 176 g/mol. The first kappa shape index (κ1) is 11.5. The van der Waals surface area contributed by atoms with E-state index in [4.69, 9.17) is 0 Å².